The van der Waals surface area contributed by atoms with Crippen LogP contribution in [-0.2, 0) is 9.59 Å². The van der Waals surface area contributed by atoms with E-state index in [4.69, 9.17) is 0 Å². The van der Waals surface area contributed by atoms with Crippen molar-refractivity contribution in [1.82, 2.24) is 15.5 Å². The third-order valence-electron chi connectivity index (χ3n) is 4.21. The maximum Gasteiger partial charge on any atom is 0.249 e. The Kier molecular flexibility index (Phi) is 8.22. The van der Waals surface area contributed by atoms with Gasteiger partial charge in [0.2, 0.25) is 11.8 Å². The van der Waals surface area contributed by atoms with E-state index < -0.39 is 6.04 Å². The lowest BCUT2D eigenvalue weighted by Gasteiger charge is -2.29. The molecule has 1 aromatic carbocycles. The van der Waals surface area contributed by atoms with Crippen molar-refractivity contribution in [1.29, 1.82) is 0 Å². The second-order valence-corrected chi connectivity index (χ2v) is 6.60. The number of halogens is 1. The number of nitrogens with zero attached hydrogens (tertiary/aromatic N) is 1. The first kappa shape index (κ1) is 20.5. The van der Waals surface area contributed by atoms with E-state index in [0.717, 1.165) is 25.1 Å². The lowest BCUT2D eigenvalue weighted by molar-refractivity contribution is -0.137. The van der Waals surface area contributed by atoms with Gasteiger partial charge in [0.25, 0.3) is 0 Å². The van der Waals surface area contributed by atoms with Gasteiger partial charge in [-0.15, -0.1) is 12.4 Å². The summed E-state index contributed by atoms with van der Waals surface area (Å²) in [6.45, 7) is 5.73. The van der Waals surface area contributed by atoms with Crippen LogP contribution in [0.1, 0.15) is 38.3 Å². The van der Waals surface area contributed by atoms with Crippen LogP contribution in [0.2, 0.25) is 0 Å². The molecule has 0 aliphatic carbocycles. The Morgan fingerprint density at radius 1 is 1.29 bits per heavy atom. The molecule has 0 radical (unpaired) electrons. The van der Waals surface area contributed by atoms with Crippen LogP contribution in [0.15, 0.2) is 30.3 Å². The standard InChI is InChI=1S/C18H27N3O2.ClH/c1-13(2)11-16(22)20-17(14-7-5-4-6-8-14)18(23)21(3)15-9-10-19-12-15;/h4-8,13,15,17,19H,9-12H2,1-3H3,(H,20,22);1H. The summed E-state index contributed by atoms with van der Waals surface area (Å²) in [5, 5.41) is 6.19. The number of carbonyl (C=O) groups is 2. The average molecular weight is 354 g/mol. The van der Waals surface area contributed by atoms with Crippen LogP contribution in [0.25, 0.3) is 0 Å². The van der Waals surface area contributed by atoms with Crippen LogP contribution in [0, 0.1) is 5.92 Å². The monoisotopic (exact) mass is 353 g/mol. The van der Waals surface area contributed by atoms with Crippen LogP contribution in [0.3, 0.4) is 0 Å². The van der Waals surface area contributed by atoms with E-state index in [2.05, 4.69) is 10.6 Å². The molecule has 2 amide bonds. The van der Waals surface area contributed by atoms with Crippen molar-refractivity contribution in [2.24, 2.45) is 5.92 Å². The number of hydrogen-bond donors (Lipinski definition) is 2. The second kappa shape index (κ2) is 9.64. The summed E-state index contributed by atoms with van der Waals surface area (Å²) in [5.41, 5.74) is 0.826. The van der Waals surface area contributed by atoms with Gasteiger partial charge < -0.3 is 15.5 Å². The number of carbonyl (C=O) groups excluding carboxylic acids is 2. The van der Waals surface area contributed by atoms with Crippen LogP contribution in [-0.4, -0.2) is 42.9 Å². The van der Waals surface area contributed by atoms with Gasteiger partial charge in [-0.1, -0.05) is 44.2 Å². The normalized spacial score (nSPS) is 17.9. The molecular weight excluding hydrogens is 326 g/mol. The Morgan fingerprint density at radius 2 is 1.96 bits per heavy atom. The van der Waals surface area contributed by atoms with Gasteiger partial charge in [-0.25, -0.2) is 0 Å². The molecule has 1 heterocycles. The van der Waals surface area contributed by atoms with Crippen molar-refractivity contribution < 1.29 is 9.59 Å². The van der Waals surface area contributed by atoms with Crippen molar-refractivity contribution in [2.75, 3.05) is 20.1 Å². The van der Waals surface area contributed by atoms with Crippen LogP contribution in [0.4, 0.5) is 0 Å². The van der Waals surface area contributed by atoms with Gasteiger partial charge in [0.15, 0.2) is 0 Å². The first-order valence-electron chi connectivity index (χ1n) is 8.30. The third kappa shape index (κ3) is 5.49. The molecule has 134 valence electrons. The van der Waals surface area contributed by atoms with Gasteiger partial charge in [0.05, 0.1) is 0 Å². The summed E-state index contributed by atoms with van der Waals surface area (Å²) in [6.07, 6.45) is 1.37. The minimum absolute atomic E-state index is 0. The molecule has 1 aliphatic rings. The van der Waals surface area contributed by atoms with Crippen molar-refractivity contribution in [3.05, 3.63) is 35.9 Å². The van der Waals surface area contributed by atoms with Gasteiger partial charge in [0.1, 0.15) is 6.04 Å². The average Bonchev–Trinajstić information content (AvgIpc) is 3.06. The smallest absolute Gasteiger partial charge is 0.249 e. The van der Waals surface area contributed by atoms with Gasteiger partial charge in [0, 0.05) is 26.1 Å². The molecule has 0 spiro atoms. The fourth-order valence-electron chi connectivity index (χ4n) is 2.88. The van der Waals surface area contributed by atoms with Gasteiger partial charge in [-0.2, -0.15) is 0 Å². The Balaban J connectivity index is 0.00000288. The van der Waals surface area contributed by atoms with Crippen molar-refractivity contribution >= 4 is 24.2 Å². The Morgan fingerprint density at radius 3 is 2.50 bits per heavy atom. The highest BCUT2D eigenvalue weighted by molar-refractivity contribution is 5.88. The molecule has 0 aromatic heterocycles. The predicted octanol–water partition coefficient (Wildman–Crippen LogP) is 2.13. The molecule has 0 saturated carbocycles. The molecule has 0 bridgehead atoms. The third-order valence-corrected chi connectivity index (χ3v) is 4.21. The lowest BCUT2D eigenvalue weighted by atomic mass is 10.0. The maximum absolute atomic E-state index is 12.9. The molecule has 2 rings (SSSR count). The van der Waals surface area contributed by atoms with E-state index >= 15 is 0 Å². The molecule has 2 N–H and O–H groups in total. The Hall–Kier alpha value is -1.59. The largest absolute Gasteiger partial charge is 0.341 e. The van der Waals surface area contributed by atoms with Crippen LogP contribution >= 0.6 is 12.4 Å². The van der Waals surface area contributed by atoms with Crippen molar-refractivity contribution in [3.8, 4) is 0 Å². The first-order chi connectivity index (χ1) is 11.0. The topological polar surface area (TPSA) is 61.4 Å². The van der Waals surface area contributed by atoms with E-state index in [-0.39, 0.29) is 36.2 Å². The molecule has 5 nitrogen and oxygen atoms in total. The summed E-state index contributed by atoms with van der Waals surface area (Å²) in [4.78, 5) is 26.9. The highest BCUT2D eigenvalue weighted by Gasteiger charge is 2.30. The molecule has 2 atom stereocenters. The summed E-state index contributed by atoms with van der Waals surface area (Å²) in [5.74, 6) is 0.125. The Bertz CT molecular complexity index is 530. The number of benzene rings is 1. The molecule has 2 unspecified atom stereocenters. The summed E-state index contributed by atoms with van der Waals surface area (Å²) in [6, 6.07) is 9.04. The van der Waals surface area contributed by atoms with E-state index in [9.17, 15) is 9.59 Å². The highest BCUT2D eigenvalue weighted by Crippen LogP contribution is 2.19. The predicted molar refractivity (Wildman–Crippen MR) is 98.1 cm³/mol. The second-order valence-electron chi connectivity index (χ2n) is 6.60. The number of amides is 2. The van der Waals surface area contributed by atoms with E-state index in [1.54, 1.807) is 4.90 Å². The number of nitrogens with one attached hydrogen (secondary N) is 2. The lowest BCUT2D eigenvalue weighted by Crippen LogP contribution is -2.46. The highest BCUT2D eigenvalue weighted by atomic mass is 35.5. The zero-order valence-electron chi connectivity index (χ0n) is 14.6. The molecule has 6 heteroatoms. The zero-order chi connectivity index (χ0) is 16.8. The van der Waals surface area contributed by atoms with Gasteiger partial charge in [-0.05, 0) is 24.4 Å². The summed E-state index contributed by atoms with van der Waals surface area (Å²) >= 11 is 0. The number of likely N-dealkylation sites (N-methyl/N-ethyl adjacent to an activating group) is 1. The minimum atomic E-state index is -0.618. The maximum atomic E-state index is 12.9. The minimum Gasteiger partial charge on any atom is -0.341 e. The van der Waals surface area contributed by atoms with E-state index in [0.29, 0.717) is 6.42 Å². The number of hydrogen-bond acceptors (Lipinski definition) is 3. The van der Waals surface area contributed by atoms with Crippen LogP contribution in [0.5, 0.6) is 0 Å². The number of rotatable bonds is 6. The van der Waals surface area contributed by atoms with E-state index in [1.165, 1.54) is 0 Å². The summed E-state index contributed by atoms with van der Waals surface area (Å²) < 4.78 is 0. The fourth-order valence-corrected chi connectivity index (χ4v) is 2.88. The van der Waals surface area contributed by atoms with Gasteiger partial charge >= 0.3 is 0 Å². The molecule has 1 aromatic rings. The quantitative estimate of drug-likeness (QED) is 0.823. The van der Waals surface area contributed by atoms with Crippen LogP contribution < -0.4 is 10.6 Å². The fraction of sp³-hybridized carbons (Fsp3) is 0.556. The SMILES string of the molecule is CC(C)CC(=O)NC(C(=O)N(C)C1CCNC1)c1ccccc1.Cl. The molecule has 24 heavy (non-hydrogen) atoms. The molecule has 1 aliphatic heterocycles. The van der Waals surface area contributed by atoms with Crippen molar-refractivity contribution in [2.45, 2.75) is 38.8 Å². The molecule has 1 saturated heterocycles. The zero-order valence-corrected chi connectivity index (χ0v) is 15.4. The van der Waals surface area contributed by atoms with Gasteiger partial charge in [-0.3, -0.25) is 9.59 Å². The summed E-state index contributed by atoms with van der Waals surface area (Å²) in [7, 11) is 1.82. The van der Waals surface area contributed by atoms with E-state index in [1.807, 2.05) is 51.2 Å². The molecule has 1 fully saturated rings. The van der Waals surface area contributed by atoms with Crippen molar-refractivity contribution in [3.63, 3.8) is 0 Å². The molecular formula is C18H28ClN3O2. The Labute approximate surface area is 150 Å². The first-order valence-corrected chi connectivity index (χ1v) is 8.30.